The predicted molar refractivity (Wildman–Crippen MR) is 127 cm³/mol. The fourth-order valence-corrected chi connectivity index (χ4v) is 4.08. The molecule has 0 saturated carbocycles. The third-order valence-corrected chi connectivity index (χ3v) is 5.85. The number of anilines is 1. The van der Waals surface area contributed by atoms with E-state index in [9.17, 15) is 4.79 Å². The van der Waals surface area contributed by atoms with Gasteiger partial charge >= 0.3 is 0 Å². The Balaban J connectivity index is 1.60. The maximum Gasteiger partial charge on any atom is 0.234 e. The van der Waals surface area contributed by atoms with E-state index in [1.54, 1.807) is 0 Å². The van der Waals surface area contributed by atoms with Crippen LogP contribution >= 0.6 is 11.8 Å². The first kappa shape index (κ1) is 20.9. The van der Waals surface area contributed by atoms with Crippen LogP contribution in [-0.4, -0.2) is 26.4 Å². The Morgan fingerprint density at radius 1 is 0.903 bits per heavy atom. The molecule has 0 unspecified atom stereocenters. The summed E-state index contributed by atoms with van der Waals surface area (Å²) in [6.45, 7) is 6.06. The number of nitrogens with one attached hydrogen (secondary N) is 1. The molecule has 0 spiro atoms. The Morgan fingerprint density at radius 2 is 1.68 bits per heavy atom. The average molecular weight is 429 g/mol. The number of para-hydroxylation sites is 1. The molecule has 0 bridgehead atoms. The van der Waals surface area contributed by atoms with Crippen LogP contribution in [0.4, 0.5) is 5.69 Å². The fourth-order valence-electron chi connectivity index (χ4n) is 3.33. The molecule has 0 saturated heterocycles. The largest absolute Gasteiger partial charge is 0.325 e. The minimum Gasteiger partial charge on any atom is -0.325 e. The van der Waals surface area contributed by atoms with Crippen molar-refractivity contribution in [3.8, 4) is 17.1 Å². The van der Waals surface area contributed by atoms with E-state index in [2.05, 4.69) is 34.6 Å². The molecular formula is C25H24N4OS. The highest BCUT2D eigenvalue weighted by Gasteiger charge is 2.17. The van der Waals surface area contributed by atoms with Crippen molar-refractivity contribution in [2.45, 2.75) is 25.9 Å². The van der Waals surface area contributed by atoms with E-state index < -0.39 is 0 Å². The Morgan fingerprint density at radius 3 is 2.45 bits per heavy atom. The van der Waals surface area contributed by atoms with Gasteiger partial charge < -0.3 is 5.32 Å². The van der Waals surface area contributed by atoms with Crippen molar-refractivity contribution in [3.63, 3.8) is 0 Å². The predicted octanol–water partition coefficient (Wildman–Crippen LogP) is 5.59. The molecule has 5 nitrogen and oxygen atoms in total. The number of nitrogens with zero attached hydrogens (tertiary/aromatic N) is 3. The van der Waals surface area contributed by atoms with Gasteiger partial charge in [0.2, 0.25) is 5.91 Å². The van der Waals surface area contributed by atoms with Crippen LogP contribution in [0.2, 0.25) is 0 Å². The van der Waals surface area contributed by atoms with Gasteiger partial charge in [-0.05, 0) is 56.2 Å². The van der Waals surface area contributed by atoms with E-state index in [0.717, 1.165) is 39.5 Å². The van der Waals surface area contributed by atoms with E-state index in [-0.39, 0.29) is 11.7 Å². The maximum atomic E-state index is 12.6. The van der Waals surface area contributed by atoms with Crippen molar-refractivity contribution in [1.82, 2.24) is 14.8 Å². The van der Waals surface area contributed by atoms with Crippen LogP contribution in [0.3, 0.4) is 0 Å². The number of aromatic nitrogens is 3. The second-order valence-electron chi connectivity index (χ2n) is 7.50. The van der Waals surface area contributed by atoms with Crippen LogP contribution in [0.15, 0.2) is 78.0 Å². The van der Waals surface area contributed by atoms with Gasteiger partial charge in [0.25, 0.3) is 0 Å². The van der Waals surface area contributed by atoms with E-state index >= 15 is 0 Å². The van der Waals surface area contributed by atoms with Crippen molar-refractivity contribution >= 4 is 23.4 Å². The quantitative estimate of drug-likeness (QED) is 0.407. The summed E-state index contributed by atoms with van der Waals surface area (Å²) in [5, 5.41) is 12.5. The first-order chi connectivity index (χ1) is 15.0. The van der Waals surface area contributed by atoms with Crippen molar-refractivity contribution in [2.24, 2.45) is 0 Å². The Bertz CT molecular complexity index is 1220. The van der Waals surface area contributed by atoms with Crippen LogP contribution in [0.1, 0.15) is 16.7 Å². The summed E-state index contributed by atoms with van der Waals surface area (Å²) in [6, 6.07) is 24.2. The van der Waals surface area contributed by atoms with Crippen LogP contribution in [0.5, 0.6) is 0 Å². The average Bonchev–Trinajstić information content (AvgIpc) is 3.19. The van der Waals surface area contributed by atoms with Crippen LogP contribution < -0.4 is 5.32 Å². The van der Waals surface area contributed by atoms with Crippen LogP contribution in [-0.2, 0) is 4.79 Å². The molecule has 0 fully saturated rings. The zero-order valence-corrected chi connectivity index (χ0v) is 18.6. The molecule has 4 aromatic rings. The summed E-state index contributed by atoms with van der Waals surface area (Å²) >= 11 is 1.38. The first-order valence-electron chi connectivity index (χ1n) is 10.1. The normalized spacial score (nSPS) is 10.8. The minimum atomic E-state index is -0.0709. The lowest BCUT2D eigenvalue weighted by Crippen LogP contribution is -2.15. The number of amides is 1. The first-order valence-corrected chi connectivity index (χ1v) is 11.1. The highest BCUT2D eigenvalue weighted by molar-refractivity contribution is 7.99. The van der Waals surface area contributed by atoms with E-state index in [0.29, 0.717) is 5.16 Å². The summed E-state index contributed by atoms with van der Waals surface area (Å²) in [6.07, 6.45) is 0. The van der Waals surface area contributed by atoms with E-state index in [4.69, 9.17) is 0 Å². The SMILES string of the molecule is Cc1cccc(-c2nnc(SCC(=O)Nc3cc(C)ccc3C)n2-c2ccccc2)c1. The second kappa shape index (κ2) is 9.18. The van der Waals surface area contributed by atoms with Gasteiger partial charge in [0, 0.05) is 16.9 Å². The number of thioether (sulfide) groups is 1. The molecule has 0 aliphatic heterocycles. The Kier molecular flexibility index (Phi) is 6.18. The van der Waals surface area contributed by atoms with E-state index in [1.807, 2.05) is 79.1 Å². The highest BCUT2D eigenvalue weighted by Crippen LogP contribution is 2.28. The molecule has 1 N–H and O–H groups in total. The van der Waals surface area contributed by atoms with Gasteiger partial charge in [0.15, 0.2) is 11.0 Å². The second-order valence-corrected chi connectivity index (χ2v) is 8.44. The summed E-state index contributed by atoms with van der Waals surface area (Å²) < 4.78 is 2.00. The minimum absolute atomic E-state index is 0.0709. The number of carbonyl (C=O) groups is 1. The molecule has 6 heteroatoms. The summed E-state index contributed by atoms with van der Waals surface area (Å²) in [5.74, 6) is 0.928. The number of aryl methyl sites for hydroxylation is 3. The summed E-state index contributed by atoms with van der Waals surface area (Å²) in [4.78, 5) is 12.6. The number of carbonyl (C=O) groups excluding carboxylic acids is 1. The number of rotatable bonds is 6. The monoisotopic (exact) mass is 428 g/mol. The molecule has 31 heavy (non-hydrogen) atoms. The standard InChI is InChI=1S/C25H24N4OS/c1-17-8-7-9-20(14-17)24-27-28-25(29(24)21-10-5-4-6-11-21)31-16-23(30)26-22-15-18(2)12-13-19(22)3/h4-15H,16H2,1-3H3,(H,26,30). The lowest BCUT2D eigenvalue weighted by atomic mass is 10.1. The van der Waals surface area contributed by atoms with Gasteiger partial charge in [0.05, 0.1) is 5.75 Å². The molecule has 4 rings (SSSR count). The van der Waals surface area contributed by atoms with Crippen molar-refractivity contribution in [1.29, 1.82) is 0 Å². The zero-order chi connectivity index (χ0) is 21.8. The number of hydrogen-bond acceptors (Lipinski definition) is 4. The zero-order valence-electron chi connectivity index (χ0n) is 17.8. The highest BCUT2D eigenvalue weighted by atomic mass is 32.2. The smallest absolute Gasteiger partial charge is 0.234 e. The summed E-state index contributed by atoms with van der Waals surface area (Å²) in [5.41, 5.74) is 6.10. The van der Waals surface area contributed by atoms with Crippen molar-refractivity contribution in [2.75, 3.05) is 11.1 Å². The fraction of sp³-hybridized carbons (Fsp3) is 0.160. The molecule has 156 valence electrons. The molecule has 3 aromatic carbocycles. The molecule has 0 aliphatic rings. The van der Waals surface area contributed by atoms with Gasteiger partial charge in [-0.15, -0.1) is 10.2 Å². The van der Waals surface area contributed by atoms with E-state index in [1.165, 1.54) is 11.8 Å². The van der Waals surface area contributed by atoms with Gasteiger partial charge in [-0.2, -0.15) is 0 Å². The number of hydrogen-bond donors (Lipinski definition) is 1. The number of benzene rings is 3. The van der Waals surface area contributed by atoms with Crippen LogP contribution in [0.25, 0.3) is 17.1 Å². The molecular weight excluding hydrogens is 404 g/mol. The van der Waals surface area contributed by atoms with Crippen molar-refractivity contribution in [3.05, 3.63) is 89.5 Å². The van der Waals surface area contributed by atoms with Gasteiger partial charge in [0.1, 0.15) is 0 Å². The Labute approximate surface area is 186 Å². The topological polar surface area (TPSA) is 59.8 Å². The molecule has 1 heterocycles. The van der Waals surface area contributed by atoms with Crippen molar-refractivity contribution < 1.29 is 4.79 Å². The summed E-state index contributed by atoms with van der Waals surface area (Å²) in [7, 11) is 0. The Hall–Kier alpha value is -3.38. The molecule has 1 aromatic heterocycles. The van der Waals surface area contributed by atoms with Gasteiger partial charge in [-0.25, -0.2) is 0 Å². The van der Waals surface area contributed by atoms with Crippen LogP contribution in [0, 0.1) is 20.8 Å². The molecule has 0 atom stereocenters. The molecule has 1 amide bonds. The van der Waals surface area contributed by atoms with Gasteiger partial charge in [-0.3, -0.25) is 9.36 Å². The van der Waals surface area contributed by atoms with Gasteiger partial charge in [-0.1, -0.05) is 65.9 Å². The third kappa shape index (κ3) is 4.86. The molecule has 0 aliphatic carbocycles. The third-order valence-electron chi connectivity index (χ3n) is 4.92. The lowest BCUT2D eigenvalue weighted by molar-refractivity contribution is -0.113. The molecule has 0 radical (unpaired) electrons. The lowest BCUT2D eigenvalue weighted by Gasteiger charge is -2.11. The maximum absolute atomic E-state index is 12.6.